The van der Waals surface area contributed by atoms with Gasteiger partial charge in [0.1, 0.15) is 5.75 Å². The van der Waals surface area contributed by atoms with Crippen LogP contribution in [0.5, 0.6) is 5.75 Å². The van der Waals surface area contributed by atoms with Gasteiger partial charge in [-0.3, -0.25) is 4.79 Å². The summed E-state index contributed by atoms with van der Waals surface area (Å²) in [5.74, 6) is 0.390. The predicted molar refractivity (Wildman–Crippen MR) is 106 cm³/mol. The van der Waals surface area contributed by atoms with Crippen LogP contribution in [0.1, 0.15) is 10.4 Å². The van der Waals surface area contributed by atoms with Crippen molar-refractivity contribution in [2.45, 2.75) is 0 Å². The third kappa shape index (κ3) is 4.85. The van der Waals surface area contributed by atoms with Crippen molar-refractivity contribution in [2.24, 2.45) is 0 Å². The van der Waals surface area contributed by atoms with Crippen LogP contribution in [0, 0.1) is 0 Å². The first-order valence-corrected chi connectivity index (χ1v) is 8.33. The van der Waals surface area contributed by atoms with Crippen molar-refractivity contribution in [3.8, 4) is 5.75 Å². The zero-order valence-corrected chi connectivity index (χ0v) is 14.7. The first-order chi connectivity index (χ1) is 13.2. The SMILES string of the molecule is COc1ccc(C(=O)Nc2ccccc2NC(=O)Nc2ccccc2)cc1. The normalized spacial score (nSPS) is 9.96. The van der Waals surface area contributed by atoms with Gasteiger partial charge in [-0.15, -0.1) is 0 Å². The molecule has 3 aromatic carbocycles. The molecule has 0 radical (unpaired) electrons. The Balaban J connectivity index is 1.69. The van der Waals surface area contributed by atoms with Gasteiger partial charge in [0.25, 0.3) is 5.91 Å². The predicted octanol–water partition coefficient (Wildman–Crippen LogP) is 4.59. The van der Waals surface area contributed by atoms with Gasteiger partial charge in [0.05, 0.1) is 18.5 Å². The van der Waals surface area contributed by atoms with Gasteiger partial charge in [-0.25, -0.2) is 4.79 Å². The molecule has 3 amide bonds. The van der Waals surface area contributed by atoms with Crippen molar-refractivity contribution >= 4 is 29.0 Å². The number of hydrogen-bond donors (Lipinski definition) is 3. The molecule has 0 spiro atoms. The first kappa shape index (κ1) is 18.0. The Bertz CT molecular complexity index is 925. The molecule has 0 saturated carbocycles. The maximum atomic E-state index is 12.5. The van der Waals surface area contributed by atoms with Crippen molar-refractivity contribution in [2.75, 3.05) is 23.1 Å². The molecule has 3 rings (SSSR count). The Morgan fingerprint density at radius 1 is 0.704 bits per heavy atom. The summed E-state index contributed by atoms with van der Waals surface area (Å²) in [7, 11) is 1.57. The van der Waals surface area contributed by atoms with Crippen LogP contribution in [-0.2, 0) is 0 Å². The van der Waals surface area contributed by atoms with E-state index in [1.165, 1.54) is 0 Å². The number of para-hydroxylation sites is 3. The van der Waals surface area contributed by atoms with E-state index in [1.54, 1.807) is 67.8 Å². The highest BCUT2D eigenvalue weighted by atomic mass is 16.5. The van der Waals surface area contributed by atoms with E-state index >= 15 is 0 Å². The fraction of sp³-hybridized carbons (Fsp3) is 0.0476. The van der Waals surface area contributed by atoms with E-state index in [-0.39, 0.29) is 5.91 Å². The summed E-state index contributed by atoms with van der Waals surface area (Å²) >= 11 is 0. The van der Waals surface area contributed by atoms with E-state index in [4.69, 9.17) is 4.74 Å². The first-order valence-electron chi connectivity index (χ1n) is 8.33. The fourth-order valence-corrected chi connectivity index (χ4v) is 2.44. The van der Waals surface area contributed by atoms with E-state index in [2.05, 4.69) is 16.0 Å². The number of benzene rings is 3. The van der Waals surface area contributed by atoms with Crippen molar-refractivity contribution in [3.05, 3.63) is 84.4 Å². The lowest BCUT2D eigenvalue weighted by Gasteiger charge is -2.13. The molecule has 6 nitrogen and oxygen atoms in total. The second-order valence-corrected chi connectivity index (χ2v) is 5.67. The maximum Gasteiger partial charge on any atom is 0.323 e. The van der Waals surface area contributed by atoms with Gasteiger partial charge in [-0.1, -0.05) is 30.3 Å². The van der Waals surface area contributed by atoms with Crippen LogP contribution in [-0.4, -0.2) is 19.0 Å². The van der Waals surface area contributed by atoms with Crippen LogP contribution in [0.3, 0.4) is 0 Å². The highest BCUT2D eigenvalue weighted by Crippen LogP contribution is 2.22. The van der Waals surface area contributed by atoms with Crippen LogP contribution < -0.4 is 20.7 Å². The largest absolute Gasteiger partial charge is 0.497 e. The molecule has 0 aliphatic rings. The number of nitrogens with one attached hydrogen (secondary N) is 3. The average Bonchev–Trinajstić information content (AvgIpc) is 2.70. The summed E-state index contributed by atoms with van der Waals surface area (Å²) in [6.07, 6.45) is 0. The van der Waals surface area contributed by atoms with Crippen LogP contribution in [0.15, 0.2) is 78.9 Å². The number of carbonyl (C=O) groups is 2. The van der Waals surface area contributed by atoms with E-state index < -0.39 is 6.03 Å². The lowest BCUT2D eigenvalue weighted by molar-refractivity contribution is 0.102. The highest BCUT2D eigenvalue weighted by molar-refractivity contribution is 6.08. The van der Waals surface area contributed by atoms with Gasteiger partial charge in [0.2, 0.25) is 0 Å². The number of carbonyl (C=O) groups excluding carboxylic acids is 2. The fourth-order valence-electron chi connectivity index (χ4n) is 2.44. The Morgan fingerprint density at radius 3 is 1.93 bits per heavy atom. The van der Waals surface area contributed by atoms with Crippen LogP contribution in [0.2, 0.25) is 0 Å². The number of ether oxygens (including phenoxy) is 1. The molecule has 27 heavy (non-hydrogen) atoms. The number of amides is 3. The number of rotatable bonds is 5. The summed E-state index contributed by atoms with van der Waals surface area (Å²) in [4.78, 5) is 24.7. The molecule has 0 aromatic heterocycles. The van der Waals surface area contributed by atoms with Gasteiger partial charge in [-0.2, -0.15) is 0 Å². The van der Waals surface area contributed by atoms with E-state index in [1.807, 2.05) is 18.2 Å². The number of anilines is 3. The number of urea groups is 1. The van der Waals surface area contributed by atoms with E-state index in [0.29, 0.717) is 28.4 Å². The molecule has 3 N–H and O–H groups in total. The molecule has 0 heterocycles. The van der Waals surface area contributed by atoms with E-state index in [0.717, 1.165) is 0 Å². The second kappa shape index (κ2) is 8.53. The summed E-state index contributed by atoms with van der Waals surface area (Å²) < 4.78 is 5.09. The van der Waals surface area contributed by atoms with Crippen LogP contribution >= 0.6 is 0 Å². The lowest BCUT2D eigenvalue weighted by Crippen LogP contribution is -2.21. The molecular weight excluding hydrogens is 342 g/mol. The van der Waals surface area contributed by atoms with Crippen LogP contribution in [0.25, 0.3) is 0 Å². The number of hydrogen-bond acceptors (Lipinski definition) is 3. The van der Waals surface area contributed by atoms with Gasteiger partial charge in [-0.05, 0) is 48.5 Å². The minimum atomic E-state index is -0.396. The molecule has 0 aliphatic heterocycles. The molecule has 0 aliphatic carbocycles. The molecular formula is C21H19N3O3. The Kier molecular flexibility index (Phi) is 5.69. The van der Waals surface area contributed by atoms with Crippen LogP contribution in [0.4, 0.5) is 21.9 Å². The van der Waals surface area contributed by atoms with Crippen molar-refractivity contribution in [1.82, 2.24) is 0 Å². The summed E-state index contributed by atoms with van der Waals surface area (Å²) in [5.41, 5.74) is 2.16. The van der Waals surface area contributed by atoms with Gasteiger partial charge in [0, 0.05) is 11.3 Å². The van der Waals surface area contributed by atoms with Crippen molar-refractivity contribution in [3.63, 3.8) is 0 Å². The zero-order chi connectivity index (χ0) is 19.1. The summed E-state index contributed by atoms with van der Waals surface area (Å²) in [6.45, 7) is 0. The number of methoxy groups -OCH3 is 1. The summed E-state index contributed by atoms with van der Waals surface area (Å²) in [5, 5.41) is 8.30. The molecule has 3 aromatic rings. The Labute approximate surface area is 157 Å². The summed E-state index contributed by atoms with van der Waals surface area (Å²) in [6, 6.07) is 22.5. The quantitative estimate of drug-likeness (QED) is 0.622. The molecule has 0 bridgehead atoms. The topological polar surface area (TPSA) is 79.5 Å². The molecule has 0 unspecified atom stereocenters. The highest BCUT2D eigenvalue weighted by Gasteiger charge is 2.11. The minimum absolute atomic E-state index is 0.282. The smallest absolute Gasteiger partial charge is 0.323 e. The lowest BCUT2D eigenvalue weighted by atomic mass is 10.2. The van der Waals surface area contributed by atoms with Gasteiger partial charge < -0.3 is 20.7 Å². The standard InChI is InChI=1S/C21H19N3O3/c1-27-17-13-11-15(12-14-17)20(25)23-18-9-5-6-10-19(18)24-21(26)22-16-7-3-2-4-8-16/h2-14H,1H3,(H,23,25)(H2,22,24,26). The molecule has 0 atom stereocenters. The molecule has 136 valence electrons. The van der Waals surface area contributed by atoms with Crippen molar-refractivity contribution in [1.29, 1.82) is 0 Å². The van der Waals surface area contributed by atoms with Gasteiger partial charge >= 0.3 is 6.03 Å². The van der Waals surface area contributed by atoms with Crippen molar-refractivity contribution < 1.29 is 14.3 Å². The minimum Gasteiger partial charge on any atom is -0.497 e. The third-order valence-electron chi connectivity index (χ3n) is 3.81. The third-order valence-corrected chi connectivity index (χ3v) is 3.81. The zero-order valence-electron chi connectivity index (χ0n) is 14.7. The monoisotopic (exact) mass is 361 g/mol. The second-order valence-electron chi connectivity index (χ2n) is 5.67. The Hall–Kier alpha value is -3.80. The van der Waals surface area contributed by atoms with Gasteiger partial charge in [0.15, 0.2) is 0 Å². The maximum absolute atomic E-state index is 12.5. The Morgan fingerprint density at radius 2 is 1.30 bits per heavy atom. The molecule has 6 heteroatoms. The van der Waals surface area contributed by atoms with E-state index in [9.17, 15) is 9.59 Å². The molecule has 0 saturated heterocycles. The molecule has 0 fully saturated rings. The average molecular weight is 361 g/mol.